The smallest absolute Gasteiger partial charge is 0.307 e. The summed E-state index contributed by atoms with van der Waals surface area (Å²) >= 11 is 0. The zero-order valence-electron chi connectivity index (χ0n) is 11.4. The first-order chi connectivity index (χ1) is 9.39. The van der Waals surface area contributed by atoms with E-state index in [0.29, 0.717) is 24.6 Å². The molecular weight excluding hydrogens is 278 g/mol. The number of benzene rings is 1. The second kappa shape index (κ2) is 5.93. The van der Waals surface area contributed by atoms with Crippen LogP contribution in [0.5, 0.6) is 0 Å². The maximum absolute atomic E-state index is 12.5. The Hall–Kier alpha value is -1.40. The molecule has 1 fully saturated rings. The van der Waals surface area contributed by atoms with Gasteiger partial charge in [-0.2, -0.15) is 4.31 Å². The van der Waals surface area contributed by atoms with Crippen LogP contribution in [0.3, 0.4) is 0 Å². The molecule has 1 aromatic carbocycles. The summed E-state index contributed by atoms with van der Waals surface area (Å²) in [6.07, 6.45) is 1.85. The predicted molar refractivity (Wildman–Crippen MR) is 74.9 cm³/mol. The Morgan fingerprint density at radius 3 is 2.55 bits per heavy atom. The number of carbonyl (C=O) groups is 1. The lowest BCUT2D eigenvalue weighted by Gasteiger charge is -2.30. The van der Waals surface area contributed by atoms with E-state index >= 15 is 0 Å². The molecule has 0 aromatic heterocycles. The van der Waals surface area contributed by atoms with Crippen LogP contribution in [0.25, 0.3) is 0 Å². The molecule has 1 atom stereocenters. The van der Waals surface area contributed by atoms with Gasteiger partial charge in [0.15, 0.2) is 0 Å². The van der Waals surface area contributed by atoms with Crippen molar-refractivity contribution >= 4 is 16.0 Å². The Kier molecular flexibility index (Phi) is 4.45. The van der Waals surface area contributed by atoms with Crippen molar-refractivity contribution in [1.29, 1.82) is 0 Å². The van der Waals surface area contributed by atoms with Gasteiger partial charge in [0.05, 0.1) is 11.3 Å². The molecule has 0 spiro atoms. The van der Waals surface area contributed by atoms with Crippen LogP contribution in [0.2, 0.25) is 0 Å². The van der Waals surface area contributed by atoms with Crippen LogP contribution < -0.4 is 0 Å². The monoisotopic (exact) mass is 297 g/mol. The second-order valence-electron chi connectivity index (χ2n) is 5.32. The fourth-order valence-electron chi connectivity index (χ4n) is 2.47. The van der Waals surface area contributed by atoms with Crippen molar-refractivity contribution in [2.24, 2.45) is 5.92 Å². The van der Waals surface area contributed by atoms with Crippen molar-refractivity contribution in [2.45, 2.75) is 31.1 Å². The number of sulfonamides is 1. The molecule has 1 saturated heterocycles. The minimum absolute atomic E-state index is 0.0962. The lowest BCUT2D eigenvalue weighted by Crippen LogP contribution is -2.39. The highest BCUT2D eigenvalue weighted by Crippen LogP contribution is 2.23. The Morgan fingerprint density at radius 1 is 1.35 bits per heavy atom. The van der Waals surface area contributed by atoms with Gasteiger partial charge in [0.1, 0.15) is 0 Å². The molecule has 1 aliphatic rings. The number of hydrogen-bond donors (Lipinski definition) is 1. The minimum atomic E-state index is -3.45. The van der Waals surface area contributed by atoms with Crippen molar-refractivity contribution in [2.75, 3.05) is 13.1 Å². The van der Waals surface area contributed by atoms with E-state index in [1.165, 1.54) is 16.4 Å². The molecule has 2 rings (SSSR count). The highest BCUT2D eigenvalue weighted by Gasteiger charge is 2.28. The molecule has 1 heterocycles. The van der Waals surface area contributed by atoms with Crippen molar-refractivity contribution in [3.8, 4) is 0 Å². The Bertz CT molecular complexity index is 580. The lowest BCUT2D eigenvalue weighted by atomic mass is 10.0. The number of rotatable bonds is 4. The molecule has 1 unspecified atom stereocenters. The van der Waals surface area contributed by atoms with Crippen LogP contribution >= 0.6 is 0 Å². The van der Waals surface area contributed by atoms with Crippen LogP contribution in [-0.2, 0) is 21.2 Å². The quantitative estimate of drug-likeness (QED) is 0.918. The summed E-state index contributed by atoms with van der Waals surface area (Å²) in [6.45, 7) is 3.17. The van der Waals surface area contributed by atoms with Crippen molar-refractivity contribution in [3.63, 3.8) is 0 Å². The fourth-order valence-corrected chi connectivity index (χ4v) is 4.07. The van der Waals surface area contributed by atoms with Gasteiger partial charge >= 0.3 is 5.97 Å². The summed E-state index contributed by atoms with van der Waals surface area (Å²) in [5.41, 5.74) is 0.600. The van der Waals surface area contributed by atoms with Gasteiger partial charge in [0.25, 0.3) is 0 Å². The van der Waals surface area contributed by atoms with E-state index in [1.54, 1.807) is 12.1 Å². The molecule has 0 radical (unpaired) electrons. The van der Waals surface area contributed by atoms with E-state index in [-0.39, 0.29) is 11.3 Å². The van der Waals surface area contributed by atoms with Gasteiger partial charge in [0, 0.05) is 13.1 Å². The van der Waals surface area contributed by atoms with Crippen LogP contribution in [0.15, 0.2) is 29.2 Å². The van der Waals surface area contributed by atoms with Gasteiger partial charge in [-0.3, -0.25) is 4.79 Å². The van der Waals surface area contributed by atoms with Crippen LogP contribution in [0.1, 0.15) is 25.3 Å². The van der Waals surface area contributed by atoms with Gasteiger partial charge in [-0.05, 0) is 36.5 Å². The van der Waals surface area contributed by atoms with E-state index in [4.69, 9.17) is 5.11 Å². The summed E-state index contributed by atoms with van der Waals surface area (Å²) in [5, 5.41) is 8.70. The summed E-state index contributed by atoms with van der Waals surface area (Å²) in [6, 6.07) is 6.11. The first-order valence-corrected chi connectivity index (χ1v) is 8.14. The van der Waals surface area contributed by atoms with Crippen LogP contribution in [0, 0.1) is 5.92 Å². The lowest BCUT2D eigenvalue weighted by molar-refractivity contribution is -0.136. The average molecular weight is 297 g/mol. The fraction of sp³-hybridized carbons (Fsp3) is 0.500. The molecule has 5 nitrogen and oxygen atoms in total. The number of aliphatic carboxylic acids is 1. The number of nitrogens with zero attached hydrogens (tertiary/aromatic N) is 1. The number of carboxylic acid groups (broad SMARTS) is 1. The number of carboxylic acids is 1. The van der Waals surface area contributed by atoms with Crippen molar-refractivity contribution in [3.05, 3.63) is 29.8 Å². The Morgan fingerprint density at radius 2 is 2.00 bits per heavy atom. The summed E-state index contributed by atoms with van der Waals surface area (Å²) in [4.78, 5) is 10.8. The first kappa shape index (κ1) is 15.0. The first-order valence-electron chi connectivity index (χ1n) is 6.70. The van der Waals surface area contributed by atoms with E-state index < -0.39 is 16.0 Å². The molecule has 110 valence electrons. The van der Waals surface area contributed by atoms with Gasteiger partial charge < -0.3 is 5.11 Å². The molecule has 0 amide bonds. The zero-order valence-corrected chi connectivity index (χ0v) is 12.3. The Labute approximate surface area is 119 Å². The third-order valence-electron chi connectivity index (χ3n) is 3.54. The van der Waals surface area contributed by atoms with Gasteiger partial charge in [0.2, 0.25) is 10.0 Å². The maximum atomic E-state index is 12.5. The SMILES string of the molecule is CC1CCCN(S(=O)(=O)c2ccc(CC(=O)O)cc2)C1. The number of piperidine rings is 1. The summed E-state index contributed by atoms with van der Waals surface area (Å²) in [7, 11) is -3.45. The third-order valence-corrected chi connectivity index (χ3v) is 5.42. The molecule has 6 heteroatoms. The molecule has 0 aliphatic carbocycles. The molecule has 1 N–H and O–H groups in total. The molecular formula is C14H19NO4S. The minimum Gasteiger partial charge on any atom is -0.481 e. The molecule has 20 heavy (non-hydrogen) atoms. The molecule has 0 saturated carbocycles. The van der Waals surface area contributed by atoms with E-state index in [1.807, 2.05) is 0 Å². The number of hydrogen-bond acceptors (Lipinski definition) is 3. The van der Waals surface area contributed by atoms with Crippen LogP contribution in [0.4, 0.5) is 0 Å². The van der Waals surface area contributed by atoms with Crippen molar-refractivity contribution < 1.29 is 18.3 Å². The van der Waals surface area contributed by atoms with E-state index in [0.717, 1.165) is 12.8 Å². The zero-order chi connectivity index (χ0) is 14.8. The highest BCUT2D eigenvalue weighted by molar-refractivity contribution is 7.89. The molecule has 1 aromatic rings. The van der Waals surface area contributed by atoms with E-state index in [9.17, 15) is 13.2 Å². The summed E-state index contributed by atoms with van der Waals surface area (Å²) in [5.74, 6) is -0.546. The third kappa shape index (κ3) is 3.37. The largest absolute Gasteiger partial charge is 0.481 e. The molecule has 0 bridgehead atoms. The maximum Gasteiger partial charge on any atom is 0.307 e. The van der Waals surface area contributed by atoms with Gasteiger partial charge in [-0.1, -0.05) is 19.1 Å². The van der Waals surface area contributed by atoms with Gasteiger partial charge in [-0.25, -0.2) is 8.42 Å². The van der Waals surface area contributed by atoms with Gasteiger partial charge in [-0.15, -0.1) is 0 Å². The molecule has 1 aliphatic heterocycles. The van der Waals surface area contributed by atoms with E-state index in [2.05, 4.69) is 6.92 Å². The normalized spacial score (nSPS) is 20.8. The Balaban J connectivity index is 2.19. The average Bonchev–Trinajstić information content (AvgIpc) is 2.38. The summed E-state index contributed by atoms with van der Waals surface area (Å²) < 4.78 is 26.5. The predicted octanol–water partition coefficient (Wildman–Crippen LogP) is 1.73. The van der Waals surface area contributed by atoms with Crippen molar-refractivity contribution in [1.82, 2.24) is 4.31 Å². The second-order valence-corrected chi connectivity index (χ2v) is 7.26. The highest BCUT2D eigenvalue weighted by atomic mass is 32.2. The topological polar surface area (TPSA) is 74.7 Å². The van der Waals surface area contributed by atoms with Crippen LogP contribution in [-0.4, -0.2) is 36.9 Å². The standard InChI is InChI=1S/C14H19NO4S/c1-11-3-2-8-15(10-11)20(18,19)13-6-4-12(5-7-13)9-14(16)17/h4-7,11H,2-3,8-10H2,1H3,(H,16,17).